The summed E-state index contributed by atoms with van der Waals surface area (Å²) in [6.07, 6.45) is 3.45. The molecule has 1 aromatic carbocycles. The number of nitrogens with one attached hydrogen (secondary N) is 1. The van der Waals surface area contributed by atoms with E-state index in [-0.39, 0.29) is 5.91 Å². The molecule has 0 saturated carbocycles. The van der Waals surface area contributed by atoms with Crippen LogP contribution in [0.4, 0.5) is 0 Å². The first-order valence-electron chi connectivity index (χ1n) is 6.33. The zero-order valence-corrected chi connectivity index (χ0v) is 11.1. The Kier molecular flexibility index (Phi) is 3.16. The Morgan fingerprint density at radius 3 is 2.95 bits per heavy atom. The van der Waals surface area contributed by atoms with Gasteiger partial charge in [0, 0.05) is 18.8 Å². The van der Waals surface area contributed by atoms with Crippen molar-refractivity contribution < 1.29 is 4.79 Å². The minimum Gasteiger partial charge on any atom is -0.346 e. The van der Waals surface area contributed by atoms with Crippen molar-refractivity contribution in [1.29, 1.82) is 0 Å². The maximum atomic E-state index is 12.1. The lowest BCUT2D eigenvalue weighted by molar-refractivity contribution is 0.0950. The molecule has 0 fully saturated rings. The summed E-state index contributed by atoms with van der Waals surface area (Å²) in [6, 6.07) is 11.1. The summed E-state index contributed by atoms with van der Waals surface area (Å²) in [6.45, 7) is 0.417. The van der Waals surface area contributed by atoms with Crippen molar-refractivity contribution in [2.75, 3.05) is 0 Å². The number of nitrogens with zero attached hydrogens (tertiary/aromatic N) is 3. The molecule has 0 saturated heterocycles. The van der Waals surface area contributed by atoms with E-state index in [4.69, 9.17) is 0 Å². The average molecular weight is 266 g/mol. The number of aryl methyl sites for hydroxylation is 1. The van der Waals surface area contributed by atoms with Gasteiger partial charge in [-0.05, 0) is 30.3 Å². The normalized spacial score (nSPS) is 10.7. The molecule has 1 amide bonds. The van der Waals surface area contributed by atoms with Gasteiger partial charge in [0.05, 0.1) is 29.6 Å². The Hall–Kier alpha value is -2.69. The molecule has 0 unspecified atom stereocenters. The van der Waals surface area contributed by atoms with Crippen molar-refractivity contribution in [1.82, 2.24) is 19.9 Å². The van der Waals surface area contributed by atoms with Crippen LogP contribution in [-0.2, 0) is 13.6 Å². The molecular weight excluding hydrogens is 252 g/mol. The summed E-state index contributed by atoms with van der Waals surface area (Å²) in [5, 5.41) is 2.85. The van der Waals surface area contributed by atoms with E-state index >= 15 is 0 Å². The average Bonchev–Trinajstić information content (AvgIpc) is 2.87. The second-order valence-electron chi connectivity index (χ2n) is 4.56. The highest BCUT2D eigenvalue weighted by Crippen LogP contribution is 2.13. The predicted octanol–water partition coefficient (Wildman–Crippen LogP) is 1.90. The van der Waals surface area contributed by atoms with E-state index < -0.39 is 0 Å². The van der Waals surface area contributed by atoms with Gasteiger partial charge in [0.2, 0.25) is 0 Å². The van der Waals surface area contributed by atoms with Gasteiger partial charge in [-0.1, -0.05) is 6.07 Å². The number of amides is 1. The fraction of sp³-hybridized carbons (Fsp3) is 0.133. The highest BCUT2D eigenvalue weighted by molar-refractivity contribution is 5.97. The van der Waals surface area contributed by atoms with E-state index in [2.05, 4.69) is 15.3 Å². The predicted molar refractivity (Wildman–Crippen MR) is 76.1 cm³/mol. The molecule has 0 aliphatic heterocycles. The number of carbonyl (C=O) groups excluding carboxylic acids is 1. The maximum absolute atomic E-state index is 12.1. The summed E-state index contributed by atoms with van der Waals surface area (Å²) >= 11 is 0. The molecule has 2 heterocycles. The van der Waals surface area contributed by atoms with Crippen molar-refractivity contribution in [3.05, 3.63) is 60.2 Å². The zero-order chi connectivity index (χ0) is 13.9. The monoisotopic (exact) mass is 266 g/mol. The molecule has 0 bridgehead atoms. The molecule has 0 aliphatic rings. The van der Waals surface area contributed by atoms with Crippen LogP contribution in [0.3, 0.4) is 0 Å². The number of benzene rings is 1. The number of fused-ring (bicyclic) bond motifs is 1. The molecule has 0 spiro atoms. The minimum absolute atomic E-state index is 0.122. The van der Waals surface area contributed by atoms with Gasteiger partial charge in [0.15, 0.2) is 0 Å². The van der Waals surface area contributed by atoms with E-state index in [1.165, 1.54) is 0 Å². The Balaban J connectivity index is 1.75. The first-order valence-corrected chi connectivity index (χ1v) is 6.33. The zero-order valence-electron chi connectivity index (χ0n) is 11.1. The number of hydrogen-bond acceptors (Lipinski definition) is 3. The lowest BCUT2D eigenvalue weighted by Crippen LogP contribution is -2.23. The molecule has 5 heteroatoms. The Labute approximate surface area is 116 Å². The van der Waals surface area contributed by atoms with Gasteiger partial charge in [-0.15, -0.1) is 0 Å². The number of carbonyl (C=O) groups is 1. The highest BCUT2D eigenvalue weighted by atomic mass is 16.1. The Morgan fingerprint density at radius 1 is 1.25 bits per heavy atom. The van der Waals surface area contributed by atoms with Crippen LogP contribution in [0.1, 0.15) is 16.1 Å². The smallest absolute Gasteiger partial charge is 0.251 e. The Morgan fingerprint density at radius 2 is 2.15 bits per heavy atom. The molecule has 100 valence electrons. The van der Waals surface area contributed by atoms with Crippen molar-refractivity contribution in [3.8, 4) is 0 Å². The van der Waals surface area contributed by atoms with Crippen LogP contribution < -0.4 is 5.32 Å². The molecule has 20 heavy (non-hydrogen) atoms. The third-order valence-corrected chi connectivity index (χ3v) is 3.14. The molecule has 3 rings (SSSR count). The molecule has 0 atom stereocenters. The number of rotatable bonds is 3. The molecule has 0 radical (unpaired) electrons. The third kappa shape index (κ3) is 2.38. The van der Waals surface area contributed by atoms with Crippen LogP contribution in [0.15, 0.2) is 48.9 Å². The summed E-state index contributed by atoms with van der Waals surface area (Å²) in [7, 11) is 1.93. The fourth-order valence-corrected chi connectivity index (χ4v) is 2.05. The minimum atomic E-state index is -0.122. The third-order valence-electron chi connectivity index (χ3n) is 3.14. The lowest BCUT2D eigenvalue weighted by atomic mass is 10.2. The standard InChI is InChI=1S/C15H14N4O/c1-19-10-18-13-8-11(5-6-14(13)19)15(20)17-9-12-4-2-3-7-16-12/h2-8,10H,9H2,1H3,(H,17,20). The van der Waals surface area contributed by atoms with Gasteiger partial charge in [0.1, 0.15) is 0 Å². The van der Waals surface area contributed by atoms with Crippen molar-refractivity contribution >= 4 is 16.9 Å². The quantitative estimate of drug-likeness (QED) is 0.787. The summed E-state index contributed by atoms with van der Waals surface area (Å²) < 4.78 is 1.92. The molecule has 3 aromatic rings. The van der Waals surface area contributed by atoms with Gasteiger partial charge in [-0.25, -0.2) is 4.98 Å². The van der Waals surface area contributed by atoms with Gasteiger partial charge < -0.3 is 9.88 Å². The SMILES string of the molecule is Cn1cnc2cc(C(=O)NCc3ccccn3)ccc21. The van der Waals surface area contributed by atoms with Gasteiger partial charge >= 0.3 is 0 Å². The van der Waals surface area contributed by atoms with Crippen molar-refractivity contribution in [3.63, 3.8) is 0 Å². The molecular formula is C15H14N4O. The number of imidazole rings is 1. The molecule has 5 nitrogen and oxygen atoms in total. The number of pyridine rings is 1. The van der Waals surface area contributed by atoms with Crippen molar-refractivity contribution in [2.45, 2.75) is 6.54 Å². The largest absolute Gasteiger partial charge is 0.346 e. The molecule has 0 aliphatic carbocycles. The lowest BCUT2D eigenvalue weighted by Gasteiger charge is -2.05. The van der Waals surface area contributed by atoms with E-state index in [1.54, 1.807) is 24.7 Å². The highest BCUT2D eigenvalue weighted by Gasteiger charge is 2.08. The summed E-state index contributed by atoms with van der Waals surface area (Å²) in [5.74, 6) is -0.122. The van der Waals surface area contributed by atoms with Crippen molar-refractivity contribution in [2.24, 2.45) is 7.05 Å². The van der Waals surface area contributed by atoms with Crippen LogP contribution in [0, 0.1) is 0 Å². The van der Waals surface area contributed by atoms with Gasteiger partial charge in [-0.3, -0.25) is 9.78 Å². The number of aromatic nitrogens is 3. The van der Waals surface area contributed by atoms with Crippen LogP contribution in [0.2, 0.25) is 0 Å². The van der Waals surface area contributed by atoms with E-state index in [0.29, 0.717) is 12.1 Å². The first kappa shape index (κ1) is 12.3. The topological polar surface area (TPSA) is 59.8 Å². The Bertz CT molecular complexity index is 749. The van der Waals surface area contributed by atoms with E-state index in [1.807, 2.05) is 35.9 Å². The van der Waals surface area contributed by atoms with Crippen LogP contribution in [0.5, 0.6) is 0 Å². The second kappa shape index (κ2) is 5.13. The van der Waals surface area contributed by atoms with Crippen LogP contribution >= 0.6 is 0 Å². The molecule has 2 aromatic heterocycles. The summed E-state index contributed by atoms with van der Waals surface area (Å²) in [5.41, 5.74) is 3.26. The summed E-state index contributed by atoms with van der Waals surface area (Å²) in [4.78, 5) is 20.5. The maximum Gasteiger partial charge on any atom is 0.251 e. The fourth-order valence-electron chi connectivity index (χ4n) is 2.05. The van der Waals surface area contributed by atoms with E-state index in [0.717, 1.165) is 16.7 Å². The van der Waals surface area contributed by atoms with Crippen LogP contribution in [0.25, 0.3) is 11.0 Å². The first-order chi connectivity index (χ1) is 9.74. The van der Waals surface area contributed by atoms with Gasteiger partial charge in [-0.2, -0.15) is 0 Å². The second-order valence-corrected chi connectivity index (χ2v) is 4.56. The van der Waals surface area contributed by atoms with Gasteiger partial charge in [0.25, 0.3) is 5.91 Å². The van der Waals surface area contributed by atoms with Crippen LogP contribution in [-0.4, -0.2) is 20.4 Å². The molecule has 1 N–H and O–H groups in total. The number of hydrogen-bond donors (Lipinski definition) is 1. The van der Waals surface area contributed by atoms with E-state index in [9.17, 15) is 4.79 Å².